The summed E-state index contributed by atoms with van der Waals surface area (Å²) in [6, 6.07) is 10.3. The van der Waals surface area contributed by atoms with Crippen molar-refractivity contribution in [3.63, 3.8) is 0 Å². The number of benzene rings is 2. The van der Waals surface area contributed by atoms with Gasteiger partial charge in [0.2, 0.25) is 5.91 Å². The van der Waals surface area contributed by atoms with E-state index in [2.05, 4.69) is 5.32 Å². The van der Waals surface area contributed by atoms with Gasteiger partial charge in [0.05, 0.1) is 0 Å². The Kier molecular flexibility index (Phi) is 8.99. The molecule has 0 aliphatic heterocycles. The van der Waals surface area contributed by atoms with Crippen LogP contribution in [0.25, 0.3) is 0 Å². The summed E-state index contributed by atoms with van der Waals surface area (Å²) in [4.78, 5) is 27.9. The maximum Gasteiger partial charge on any atom is 0.261 e. The summed E-state index contributed by atoms with van der Waals surface area (Å²) in [5.41, 5.74) is 2.13. The van der Waals surface area contributed by atoms with Crippen molar-refractivity contribution < 1.29 is 14.3 Å². The van der Waals surface area contributed by atoms with Crippen molar-refractivity contribution in [3.8, 4) is 5.75 Å². The number of aryl methyl sites for hydroxylation is 2. The van der Waals surface area contributed by atoms with E-state index < -0.39 is 11.6 Å². The molecule has 0 radical (unpaired) electrons. The van der Waals surface area contributed by atoms with E-state index in [1.54, 1.807) is 18.2 Å². The molecule has 0 heterocycles. The van der Waals surface area contributed by atoms with Crippen LogP contribution in [0.4, 0.5) is 0 Å². The second kappa shape index (κ2) is 11.1. The number of ether oxygens (including phenoxy) is 1. The third-order valence-corrected chi connectivity index (χ3v) is 5.68. The number of nitrogens with one attached hydrogen (secondary N) is 1. The van der Waals surface area contributed by atoms with Crippen molar-refractivity contribution in [1.82, 2.24) is 10.2 Å². The van der Waals surface area contributed by atoms with E-state index >= 15 is 0 Å². The molecule has 0 fully saturated rings. The van der Waals surface area contributed by atoms with Crippen LogP contribution in [-0.2, 0) is 16.1 Å². The SMILES string of the molecule is CCC(C(=O)NC(C)(C)C)N(Cc1c(Cl)cccc1Cl)C(=O)COc1cc(C)ccc1C. The van der Waals surface area contributed by atoms with Crippen molar-refractivity contribution in [3.05, 3.63) is 63.1 Å². The normalized spacial score (nSPS) is 12.2. The molecule has 174 valence electrons. The Balaban J connectivity index is 2.34. The van der Waals surface area contributed by atoms with Crippen LogP contribution < -0.4 is 10.1 Å². The number of hydrogen-bond acceptors (Lipinski definition) is 3. The van der Waals surface area contributed by atoms with Gasteiger partial charge in [0.1, 0.15) is 11.8 Å². The highest BCUT2D eigenvalue weighted by Crippen LogP contribution is 2.27. The summed E-state index contributed by atoms with van der Waals surface area (Å²) in [6.45, 7) is 11.4. The number of halogens is 2. The molecule has 0 aliphatic carbocycles. The molecule has 32 heavy (non-hydrogen) atoms. The Morgan fingerprint density at radius 1 is 1.09 bits per heavy atom. The van der Waals surface area contributed by atoms with Gasteiger partial charge in [-0.3, -0.25) is 9.59 Å². The Morgan fingerprint density at radius 2 is 1.72 bits per heavy atom. The first-order valence-electron chi connectivity index (χ1n) is 10.7. The highest BCUT2D eigenvalue weighted by Gasteiger charge is 2.31. The zero-order valence-corrected chi connectivity index (χ0v) is 21.1. The lowest BCUT2D eigenvalue weighted by atomic mass is 10.1. The maximum atomic E-state index is 13.3. The molecular formula is C25H32Cl2N2O3. The molecule has 7 heteroatoms. The fraction of sp³-hybridized carbons (Fsp3) is 0.440. The molecule has 5 nitrogen and oxygen atoms in total. The third-order valence-electron chi connectivity index (χ3n) is 4.97. The van der Waals surface area contributed by atoms with E-state index in [-0.39, 0.29) is 25.0 Å². The van der Waals surface area contributed by atoms with Gasteiger partial charge in [0, 0.05) is 27.7 Å². The molecule has 2 rings (SSSR count). The minimum Gasteiger partial charge on any atom is -0.483 e. The van der Waals surface area contributed by atoms with E-state index in [4.69, 9.17) is 27.9 Å². The van der Waals surface area contributed by atoms with Crippen LogP contribution in [0.2, 0.25) is 10.0 Å². The van der Waals surface area contributed by atoms with Crippen molar-refractivity contribution in [2.24, 2.45) is 0 Å². The first-order valence-corrected chi connectivity index (χ1v) is 11.4. The summed E-state index contributed by atoms with van der Waals surface area (Å²) >= 11 is 12.7. The molecule has 0 bridgehead atoms. The standard InChI is InChI=1S/C25H32Cl2N2O3/c1-7-21(24(31)28-25(4,5)6)29(14-18-19(26)9-8-10-20(18)27)23(30)15-32-22-13-16(2)11-12-17(22)3/h8-13,21H,7,14-15H2,1-6H3,(H,28,31). The van der Waals surface area contributed by atoms with Gasteiger partial charge in [0.25, 0.3) is 5.91 Å². The quantitative estimate of drug-likeness (QED) is 0.528. The first kappa shape index (κ1) is 26.0. The van der Waals surface area contributed by atoms with E-state index in [0.29, 0.717) is 27.8 Å². The molecule has 0 aliphatic rings. The zero-order chi connectivity index (χ0) is 24.1. The molecule has 0 aromatic heterocycles. The Morgan fingerprint density at radius 3 is 2.28 bits per heavy atom. The smallest absolute Gasteiger partial charge is 0.261 e. The van der Waals surface area contributed by atoms with E-state index in [1.807, 2.05) is 59.7 Å². The number of amides is 2. The monoisotopic (exact) mass is 478 g/mol. The van der Waals surface area contributed by atoms with Crippen molar-refractivity contribution in [1.29, 1.82) is 0 Å². The molecule has 1 N–H and O–H groups in total. The molecule has 0 spiro atoms. The molecule has 1 unspecified atom stereocenters. The fourth-order valence-corrected chi connectivity index (χ4v) is 3.83. The van der Waals surface area contributed by atoms with Crippen LogP contribution in [0, 0.1) is 13.8 Å². The number of nitrogens with zero attached hydrogens (tertiary/aromatic N) is 1. The molecule has 1 atom stereocenters. The fourth-order valence-electron chi connectivity index (χ4n) is 3.31. The van der Waals surface area contributed by atoms with Crippen LogP contribution >= 0.6 is 23.2 Å². The molecular weight excluding hydrogens is 447 g/mol. The van der Waals surface area contributed by atoms with Gasteiger partial charge in [0.15, 0.2) is 6.61 Å². The summed E-state index contributed by atoms with van der Waals surface area (Å²) in [6.07, 6.45) is 0.430. The van der Waals surface area contributed by atoms with Gasteiger partial charge < -0.3 is 15.0 Å². The second-order valence-corrected chi connectivity index (χ2v) is 9.76. The lowest BCUT2D eigenvalue weighted by Crippen LogP contribution is -2.54. The van der Waals surface area contributed by atoms with Crippen LogP contribution in [0.3, 0.4) is 0 Å². The molecule has 0 saturated heterocycles. The maximum absolute atomic E-state index is 13.3. The van der Waals surface area contributed by atoms with Crippen molar-refractivity contribution >= 4 is 35.0 Å². The van der Waals surface area contributed by atoms with E-state index in [0.717, 1.165) is 11.1 Å². The topological polar surface area (TPSA) is 58.6 Å². The lowest BCUT2D eigenvalue weighted by molar-refractivity contribution is -0.143. The van der Waals surface area contributed by atoms with Crippen LogP contribution in [-0.4, -0.2) is 34.9 Å². The Hall–Kier alpha value is -2.24. The molecule has 2 aromatic carbocycles. The predicted molar refractivity (Wildman–Crippen MR) is 130 cm³/mol. The minimum absolute atomic E-state index is 0.101. The van der Waals surface area contributed by atoms with Crippen LogP contribution in [0.5, 0.6) is 5.75 Å². The van der Waals surface area contributed by atoms with Gasteiger partial charge in [-0.1, -0.05) is 48.3 Å². The second-order valence-electron chi connectivity index (χ2n) is 8.94. The van der Waals surface area contributed by atoms with Crippen molar-refractivity contribution in [2.45, 2.75) is 66.1 Å². The average molecular weight is 479 g/mol. The summed E-state index contributed by atoms with van der Waals surface area (Å²) in [5.74, 6) is 0.0855. The van der Waals surface area contributed by atoms with Crippen LogP contribution in [0.15, 0.2) is 36.4 Å². The predicted octanol–water partition coefficient (Wildman–Crippen LogP) is 5.71. The first-order chi connectivity index (χ1) is 14.9. The molecule has 0 saturated carbocycles. The minimum atomic E-state index is -0.698. The highest BCUT2D eigenvalue weighted by atomic mass is 35.5. The van der Waals surface area contributed by atoms with E-state index in [9.17, 15) is 9.59 Å². The lowest BCUT2D eigenvalue weighted by Gasteiger charge is -2.33. The number of rotatable bonds is 8. The van der Waals surface area contributed by atoms with E-state index in [1.165, 1.54) is 4.90 Å². The average Bonchev–Trinajstić information content (AvgIpc) is 2.69. The Labute approximate surface area is 201 Å². The number of carbonyl (C=O) groups excluding carboxylic acids is 2. The largest absolute Gasteiger partial charge is 0.483 e. The van der Waals surface area contributed by atoms with Gasteiger partial charge >= 0.3 is 0 Å². The van der Waals surface area contributed by atoms with Crippen molar-refractivity contribution in [2.75, 3.05) is 6.61 Å². The summed E-state index contributed by atoms with van der Waals surface area (Å²) in [7, 11) is 0. The summed E-state index contributed by atoms with van der Waals surface area (Å²) in [5, 5.41) is 3.85. The number of carbonyl (C=O) groups is 2. The molecule has 2 amide bonds. The number of hydrogen-bond donors (Lipinski definition) is 1. The third kappa shape index (κ3) is 7.14. The summed E-state index contributed by atoms with van der Waals surface area (Å²) < 4.78 is 5.84. The van der Waals surface area contributed by atoms with Crippen LogP contribution in [0.1, 0.15) is 50.8 Å². The highest BCUT2D eigenvalue weighted by molar-refractivity contribution is 6.36. The van der Waals surface area contributed by atoms with Gasteiger partial charge in [-0.25, -0.2) is 0 Å². The molecule has 2 aromatic rings. The van der Waals surface area contributed by atoms with Gasteiger partial charge in [-0.15, -0.1) is 0 Å². The van der Waals surface area contributed by atoms with Gasteiger partial charge in [-0.05, 0) is 70.4 Å². The zero-order valence-electron chi connectivity index (χ0n) is 19.6. The van der Waals surface area contributed by atoms with Gasteiger partial charge in [-0.2, -0.15) is 0 Å². The Bertz CT molecular complexity index is 950.